The molecule has 0 radical (unpaired) electrons. The van der Waals surface area contributed by atoms with Crippen molar-refractivity contribution in [3.63, 3.8) is 0 Å². The van der Waals surface area contributed by atoms with Crippen LogP contribution < -0.4 is 0 Å². The first-order valence-electron chi connectivity index (χ1n) is 42.2. The fraction of sp³-hybridized carbons (Fsp3) is 0.521. The Labute approximate surface area is 668 Å². The molecule has 6 aromatic heterocycles. The van der Waals surface area contributed by atoms with Crippen LogP contribution in [0.5, 0.6) is 0 Å². The maximum atomic E-state index is 4.00. The molecule has 104 heavy (non-hydrogen) atoms. The monoisotopic (exact) mass is 1620 g/mol. The smallest absolute Gasteiger partial charge is 0.0736 e. The third-order valence-electron chi connectivity index (χ3n) is 23.9. The van der Waals surface area contributed by atoms with Gasteiger partial charge in [0, 0.05) is 30.3 Å². The predicted octanol–water partition coefficient (Wildman–Crippen LogP) is 34.8. The predicted molar refractivity (Wildman–Crippen MR) is 476 cm³/mol. The van der Waals surface area contributed by atoms with Gasteiger partial charge in [-0.05, 0) is 174 Å². The molecule has 0 atom stereocenters. The van der Waals surface area contributed by atoms with Crippen LogP contribution in [0, 0.1) is 0 Å². The van der Waals surface area contributed by atoms with E-state index in [1.54, 1.807) is 0 Å². The summed E-state index contributed by atoms with van der Waals surface area (Å²) in [6.07, 6.45) is 59.1. The SMILES string of the molecule is CCCCCCCCCCCCc1ccc(C2(c3ccc(CCCCCCCCCCCC)cc3)c3cc4c(cc3-c3sc5c(sc6cc(Br)sc65)c32)C(c2ccc(CCCCCCCCCCCC)cc2)(c2ccc(CCCCCCCCCCCC)cc2)c2c-4sc3c2sc2cc(Br)sc23)cc1. The summed E-state index contributed by atoms with van der Waals surface area (Å²) in [4.78, 5) is 2.93. The summed E-state index contributed by atoms with van der Waals surface area (Å²) in [6, 6.07) is 51.6. The number of rotatable bonds is 48. The highest BCUT2D eigenvalue weighted by molar-refractivity contribution is 9.11. The fourth-order valence-electron chi connectivity index (χ4n) is 18.1. The van der Waals surface area contributed by atoms with Crippen molar-refractivity contribution in [2.24, 2.45) is 0 Å². The van der Waals surface area contributed by atoms with Gasteiger partial charge in [-0.3, -0.25) is 0 Å². The third kappa shape index (κ3) is 17.9. The Morgan fingerprint density at radius 1 is 0.240 bits per heavy atom. The van der Waals surface area contributed by atoms with Crippen LogP contribution in [0.4, 0.5) is 0 Å². The molecule has 0 saturated heterocycles. The average molecular weight is 1630 g/mol. The molecular formula is C96H120Br2S6. The molecule has 0 bridgehead atoms. The van der Waals surface area contributed by atoms with Gasteiger partial charge < -0.3 is 0 Å². The Bertz CT molecular complexity index is 4000. The summed E-state index contributed by atoms with van der Waals surface area (Å²) in [5.41, 5.74) is 19.2. The molecule has 2 aliphatic carbocycles. The maximum absolute atomic E-state index is 4.00. The zero-order valence-electron chi connectivity index (χ0n) is 63.9. The molecular weight excluding hydrogens is 1510 g/mol. The molecule has 0 fully saturated rings. The highest BCUT2D eigenvalue weighted by Gasteiger charge is 2.55. The summed E-state index contributed by atoms with van der Waals surface area (Å²) < 4.78 is 14.0. The van der Waals surface area contributed by atoms with Crippen LogP contribution in [-0.2, 0) is 36.5 Å². The van der Waals surface area contributed by atoms with E-state index < -0.39 is 10.8 Å². The van der Waals surface area contributed by atoms with Crippen molar-refractivity contribution in [2.45, 2.75) is 321 Å². The zero-order chi connectivity index (χ0) is 71.5. The van der Waals surface area contributed by atoms with Crippen molar-refractivity contribution in [2.75, 3.05) is 0 Å². The highest BCUT2D eigenvalue weighted by Crippen LogP contribution is 2.69. The molecule has 8 heteroatoms. The van der Waals surface area contributed by atoms with Gasteiger partial charge in [0.1, 0.15) is 0 Å². The van der Waals surface area contributed by atoms with Crippen LogP contribution in [0.15, 0.2) is 129 Å². The molecule has 0 aliphatic heterocycles. The summed E-state index contributed by atoms with van der Waals surface area (Å²) in [7, 11) is 0. The van der Waals surface area contributed by atoms with Crippen molar-refractivity contribution in [3.8, 4) is 20.9 Å². The van der Waals surface area contributed by atoms with Gasteiger partial charge in [-0.15, -0.1) is 68.0 Å². The van der Waals surface area contributed by atoms with E-state index in [2.05, 4.69) is 204 Å². The van der Waals surface area contributed by atoms with E-state index in [0.717, 1.165) is 25.7 Å². The van der Waals surface area contributed by atoms with Crippen LogP contribution in [0.3, 0.4) is 0 Å². The summed E-state index contributed by atoms with van der Waals surface area (Å²) in [6.45, 7) is 9.31. The second-order valence-electron chi connectivity index (χ2n) is 31.6. The molecule has 0 unspecified atom stereocenters. The standard InChI is InChI=1S/C96H120Br2S6/c1-5-9-13-17-21-25-29-33-37-41-45-69-49-57-73(58-50-69)95(74-59-51-70(52-60-74)46-42-38-34-30-26-22-18-14-10-6-2)79-65-78-80(66-77(79)87-85(95)91-93(103-87)89-81(99-91)67-83(97)101-89)96(86-88(78)104-94-90-82(100-92(86)94)68-84(98)102-90,75-61-53-71(54-62-75)47-43-39-35-31-27-23-19-15-11-7-3)76-63-55-72(56-64-76)48-44-40-36-32-28-24-20-16-12-8-4/h49-68H,5-48H2,1-4H3. The molecule has 0 saturated carbocycles. The van der Waals surface area contributed by atoms with Gasteiger partial charge in [0.2, 0.25) is 0 Å². The molecule has 6 heterocycles. The van der Waals surface area contributed by atoms with Gasteiger partial charge in [-0.1, -0.05) is 356 Å². The minimum absolute atomic E-state index is 0.550. The Balaban J connectivity index is 0.920. The number of hydrogen-bond donors (Lipinski definition) is 0. The van der Waals surface area contributed by atoms with Gasteiger partial charge in [0.15, 0.2) is 0 Å². The number of halogens is 2. The largest absolute Gasteiger partial charge is 0.133 e. The second kappa shape index (κ2) is 39.3. The third-order valence-corrected chi connectivity index (χ3v) is 32.8. The minimum atomic E-state index is -0.550. The van der Waals surface area contributed by atoms with E-state index in [9.17, 15) is 0 Å². The normalized spacial score (nSPS) is 13.6. The van der Waals surface area contributed by atoms with E-state index in [0.29, 0.717) is 0 Å². The first-order chi connectivity index (χ1) is 51.3. The van der Waals surface area contributed by atoms with Gasteiger partial charge in [-0.2, -0.15) is 0 Å². The number of hydrogen-bond acceptors (Lipinski definition) is 6. The Morgan fingerprint density at radius 3 is 0.712 bits per heavy atom. The fourth-order valence-corrected chi connectivity index (χ4v) is 28.1. The van der Waals surface area contributed by atoms with Crippen molar-refractivity contribution >= 4 is 137 Å². The minimum Gasteiger partial charge on any atom is -0.133 e. The first-order valence-corrected chi connectivity index (χ1v) is 48.6. The zero-order valence-corrected chi connectivity index (χ0v) is 71.9. The topological polar surface area (TPSA) is 0 Å². The van der Waals surface area contributed by atoms with E-state index in [4.69, 9.17) is 0 Å². The molecule has 554 valence electrons. The summed E-state index contributed by atoms with van der Waals surface area (Å²) in [5, 5.41) is 0. The van der Waals surface area contributed by atoms with Gasteiger partial charge in [-0.25, -0.2) is 0 Å². The van der Waals surface area contributed by atoms with Gasteiger partial charge >= 0.3 is 0 Å². The average Bonchev–Trinajstić information content (AvgIpc) is 1.49. The Hall–Kier alpha value is -3.70. The van der Waals surface area contributed by atoms with E-state index in [-0.39, 0.29) is 0 Å². The lowest BCUT2D eigenvalue weighted by atomic mass is 9.65. The molecule has 13 rings (SSSR count). The van der Waals surface area contributed by atoms with Crippen molar-refractivity contribution in [1.82, 2.24) is 0 Å². The Morgan fingerprint density at radius 2 is 0.471 bits per heavy atom. The van der Waals surface area contributed by atoms with Crippen molar-refractivity contribution < 1.29 is 0 Å². The van der Waals surface area contributed by atoms with Crippen LogP contribution >= 0.6 is 99.9 Å². The number of fused-ring (bicyclic) bond motifs is 14. The van der Waals surface area contributed by atoms with Crippen molar-refractivity contribution in [1.29, 1.82) is 0 Å². The number of aryl methyl sites for hydroxylation is 4. The number of unbranched alkanes of at least 4 members (excludes halogenated alkanes) is 36. The summed E-state index contributed by atoms with van der Waals surface area (Å²) in [5.74, 6) is 0. The molecule has 0 N–H and O–H groups in total. The lowest BCUT2D eigenvalue weighted by Crippen LogP contribution is -2.30. The highest BCUT2D eigenvalue weighted by atomic mass is 79.9. The number of thiophene rings is 6. The summed E-state index contributed by atoms with van der Waals surface area (Å²) >= 11 is 20.2. The lowest BCUT2D eigenvalue weighted by Gasteiger charge is -2.36. The molecule has 11 aromatic rings. The molecule has 0 nitrogen and oxygen atoms in total. The molecule has 2 aliphatic rings. The molecule has 0 amide bonds. The van der Waals surface area contributed by atoms with E-state index in [1.807, 2.05) is 45.3 Å². The van der Waals surface area contributed by atoms with Gasteiger partial charge in [0.05, 0.1) is 46.6 Å². The van der Waals surface area contributed by atoms with Gasteiger partial charge in [0.25, 0.3) is 0 Å². The van der Waals surface area contributed by atoms with Crippen LogP contribution in [0.25, 0.3) is 58.5 Å². The second-order valence-corrected chi connectivity index (χ2v) is 40.6. The molecule has 0 spiro atoms. The van der Waals surface area contributed by atoms with Crippen LogP contribution in [-0.4, -0.2) is 0 Å². The first kappa shape index (κ1) is 78.4. The lowest BCUT2D eigenvalue weighted by molar-refractivity contribution is 0.556. The number of benzene rings is 5. The quantitative estimate of drug-likeness (QED) is 0.0334. The van der Waals surface area contributed by atoms with Crippen LogP contribution in [0.2, 0.25) is 0 Å². The Kier molecular flexibility index (Phi) is 29.6. The van der Waals surface area contributed by atoms with Crippen molar-refractivity contribution in [3.05, 3.63) is 196 Å². The maximum Gasteiger partial charge on any atom is 0.0736 e. The molecule has 5 aromatic carbocycles. The van der Waals surface area contributed by atoms with E-state index >= 15 is 0 Å². The van der Waals surface area contributed by atoms with Crippen LogP contribution in [0.1, 0.15) is 351 Å². The van der Waals surface area contributed by atoms with E-state index in [1.165, 1.54) is 390 Å².